The first kappa shape index (κ1) is 9.62. The van der Waals surface area contributed by atoms with Crippen molar-refractivity contribution in [2.24, 2.45) is 0 Å². The number of ether oxygens (including phenoxy) is 3. The highest BCUT2D eigenvalue weighted by atomic mass is 35.5. The second-order valence-corrected chi connectivity index (χ2v) is 3.47. The van der Waals surface area contributed by atoms with E-state index in [1.54, 1.807) is 19.2 Å². The van der Waals surface area contributed by atoms with Gasteiger partial charge in [0.1, 0.15) is 24.2 Å². The number of hydrogen-bond donors (Lipinski definition) is 0. The Kier molecular flexibility index (Phi) is 2.79. The third-order valence-electron chi connectivity index (χ3n) is 1.96. The van der Waals surface area contributed by atoms with Crippen LogP contribution in [0.25, 0.3) is 0 Å². The molecule has 3 nitrogen and oxygen atoms in total. The zero-order valence-corrected chi connectivity index (χ0v) is 8.58. The van der Waals surface area contributed by atoms with Gasteiger partial charge in [0, 0.05) is 6.07 Å². The Labute approximate surface area is 87.5 Å². The van der Waals surface area contributed by atoms with Gasteiger partial charge in [0.25, 0.3) is 0 Å². The third-order valence-corrected chi connectivity index (χ3v) is 2.26. The van der Waals surface area contributed by atoms with E-state index in [2.05, 4.69) is 0 Å². The van der Waals surface area contributed by atoms with Crippen molar-refractivity contribution in [3.8, 4) is 11.5 Å². The molecule has 1 heterocycles. The van der Waals surface area contributed by atoms with Crippen LogP contribution in [0.5, 0.6) is 11.5 Å². The topological polar surface area (TPSA) is 31.0 Å². The number of halogens is 1. The molecule has 1 saturated heterocycles. The zero-order chi connectivity index (χ0) is 9.97. The van der Waals surface area contributed by atoms with Gasteiger partial charge in [-0.25, -0.2) is 0 Å². The Bertz CT molecular complexity index is 323. The third kappa shape index (κ3) is 2.30. The predicted molar refractivity (Wildman–Crippen MR) is 53.2 cm³/mol. The largest absolute Gasteiger partial charge is 0.495 e. The van der Waals surface area contributed by atoms with Crippen LogP contribution in [0, 0.1) is 0 Å². The summed E-state index contributed by atoms with van der Waals surface area (Å²) in [5.41, 5.74) is 0. The van der Waals surface area contributed by atoms with Gasteiger partial charge >= 0.3 is 0 Å². The SMILES string of the molecule is COc1ccc(OCC2CO2)cc1Cl. The van der Waals surface area contributed by atoms with Gasteiger partial charge in [-0.15, -0.1) is 0 Å². The molecular weight excluding hydrogens is 204 g/mol. The number of methoxy groups -OCH3 is 1. The fourth-order valence-corrected chi connectivity index (χ4v) is 1.34. The van der Waals surface area contributed by atoms with Gasteiger partial charge in [-0.05, 0) is 12.1 Å². The first-order valence-electron chi connectivity index (χ1n) is 4.37. The Morgan fingerprint density at radius 2 is 2.36 bits per heavy atom. The maximum atomic E-state index is 5.92. The van der Waals surface area contributed by atoms with Crippen LogP contribution in [0.1, 0.15) is 0 Å². The van der Waals surface area contributed by atoms with Crippen molar-refractivity contribution in [1.82, 2.24) is 0 Å². The maximum Gasteiger partial charge on any atom is 0.137 e. The van der Waals surface area contributed by atoms with E-state index in [0.29, 0.717) is 17.4 Å². The summed E-state index contributed by atoms with van der Waals surface area (Å²) in [5.74, 6) is 1.40. The van der Waals surface area contributed by atoms with Crippen LogP contribution in [-0.4, -0.2) is 26.4 Å². The van der Waals surface area contributed by atoms with E-state index >= 15 is 0 Å². The molecule has 2 rings (SSSR count). The lowest BCUT2D eigenvalue weighted by Crippen LogP contribution is -2.03. The molecule has 1 aromatic carbocycles. The number of benzene rings is 1. The molecule has 76 valence electrons. The molecule has 1 aliphatic heterocycles. The van der Waals surface area contributed by atoms with Gasteiger partial charge in [-0.3, -0.25) is 0 Å². The van der Waals surface area contributed by atoms with Crippen LogP contribution < -0.4 is 9.47 Å². The highest BCUT2D eigenvalue weighted by Gasteiger charge is 2.23. The number of hydrogen-bond acceptors (Lipinski definition) is 3. The maximum absolute atomic E-state index is 5.92. The molecule has 0 aromatic heterocycles. The summed E-state index contributed by atoms with van der Waals surface area (Å²) in [5, 5.41) is 0.557. The molecule has 1 atom stereocenters. The fourth-order valence-electron chi connectivity index (χ4n) is 1.09. The average Bonchev–Trinajstić information content (AvgIpc) is 2.98. The van der Waals surface area contributed by atoms with Crippen molar-refractivity contribution in [1.29, 1.82) is 0 Å². The summed E-state index contributed by atoms with van der Waals surface area (Å²) in [6, 6.07) is 5.35. The lowest BCUT2D eigenvalue weighted by molar-refractivity contribution is 0.263. The summed E-state index contributed by atoms with van der Waals surface area (Å²) < 4.78 is 15.5. The Hall–Kier alpha value is -0.930. The van der Waals surface area contributed by atoms with E-state index < -0.39 is 0 Å². The smallest absolute Gasteiger partial charge is 0.137 e. The summed E-state index contributed by atoms with van der Waals surface area (Å²) in [6.45, 7) is 1.38. The highest BCUT2D eigenvalue weighted by molar-refractivity contribution is 6.32. The van der Waals surface area contributed by atoms with Crippen molar-refractivity contribution in [3.63, 3.8) is 0 Å². The Balaban J connectivity index is 1.99. The van der Waals surface area contributed by atoms with Crippen molar-refractivity contribution in [2.75, 3.05) is 20.3 Å². The van der Waals surface area contributed by atoms with E-state index in [1.165, 1.54) is 0 Å². The molecule has 0 radical (unpaired) electrons. The summed E-state index contributed by atoms with van der Waals surface area (Å²) in [4.78, 5) is 0. The van der Waals surface area contributed by atoms with Gasteiger partial charge in [-0.2, -0.15) is 0 Å². The Morgan fingerprint density at radius 1 is 1.57 bits per heavy atom. The predicted octanol–water partition coefficient (Wildman–Crippen LogP) is 2.13. The zero-order valence-electron chi connectivity index (χ0n) is 7.83. The molecule has 1 unspecified atom stereocenters. The van der Waals surface area contributed by atoms with E-state index in [9.17, 15) is 0 Å². The van der Waals surface area contributed by atoms with E-state index in [-0.39, 0.29) is 6.10 Å². The first-order chi connectivity index (χ1) is 6.79. The second-order valence-electron chi connectivity index (χ2n) is 3.06. The summed E-state index contributed by atoms with van der Waals surface area (Å²) in [7, 11) is 1.58. The summed E-state index contributed by atoms with van der Waals surface area (Å²) in [6.07, 6.45) is 0.260. The van der Waals surface area contributed by atoms with Crippen LogP contribution in [0.2, 0.25) is 5.02 Å². The van der Waals surface area contributed by atoms with Crippen molar-refractivity contribution < 1.29 is 14.2 Å². The molecule has 4 heteroatoms. The lowest BCUT2D eigenvalue weighted by Gasteiger charge is -2.06. The van der Waals surface area contributed by atoms with E-state index in [1.807, 2.05) is 6.07 Å². The molecule has 0 amide bonds. The first-order valence-corrected chi connectivity index (χ1v) is 4.75. The van der Waals surface area contributed by atoms with Gasteiger partial charge in [0.15, 0.2) is 0 Å². The van der Waals surface area contributed by atoms with E-state index in [0.717, 1.165) is 12.4 Å². The molecule has 0 saturated carbocycles. The lowest BCUT2D eigenvalue weighted by atomic mass is 10.3. The molecule has 1 aliphatic rings. The van der Waals surface area contributed by atoms with E-state index in [4.69, 9.17) is 25.8 Å². The second kappa shape index (κ2) is 4.07. The molecular formula is C10H11ClO3. The van der Waals surface area contributed by atoms with Gasteiger partial charge in [0.05, 0.1) is 18.7 Å². The number of rotatable bonds is 4. The fraction of sp³-hybridized carbons (Fsp3) is 0.400. The Morgan fingerprint density at radius 3 is 2.93 bits per heavy atom. The van der Waals surface area contributed by atoms with Crippen LogP contribution in [0.15, 0.2) is 18.2 Å². The normalized spacial score (nSPS) is 19.1. The minimum atomic E-state index is 0.260. The summed E-state index contributed by atoms with van der Waals surface area (Å²) >= 11 is 5.92. The van der Waals surface area contributed by atoms with Crippen LogP contribution in [0.3, 0.4) is 0 Å². The van der Waals surface area contributed by atoms with Crippen LogP contribution in [0.4, 0.5) is 0 Å². The van der Waals surface area contributed by atoms with Gasteiger partial charge < -0.3 is 14.2 Å². The molecule has 1 fully saturated rings. The number of epoxide rings is 1. The van der Waals surface area contributed by atoms with Gasteiger partial charge in [-0.1, -0.05) is 11.6 Å². The molecule has 1 aromatic rings. The molecule has 0 aliphatic carbocycles. The quantitative estimate of drug-likeness (QED) is 0.720. The molecule has 0 bridgehead atoms. The van der Waals surface area contributed by atoms with Crippen molar-refractivity contribution >= 4 is 11.6 Å². The highest BCUT2D eigenvalue weighted by Crippen LogP contribution is 2.28. The molecule has 14 heavy (non-hydrogen) atoms. The average molecular weight is 215 g/mol. The van der Waals surface area contributed by atoms with Gasteiger partial charge in [0.2, 0.25) is 0 Å². The van der Waals surface area contributed by atoms with Crippen molar-refractivity contribution in [2.45, 2.75) is 6.10 Å². The van der Waals surface area contributed by atoms with Crippen molar-refractivity contribution in [3.05, 3.63) is 23.2 Å². The minimum absolute atomic E-state index is 0.260. The minimum Gasteiger partial charge on any atom is -0.495 e. The standard InChI is InChI=1S/C10H11ClO3/c1-12-10-3-2-7(4-9(10)11)13-5-8-6-14-8/h2-4,8H,5-6H2,1H3. The van der Waals surface area contributed by atoms with Crippen LogP contribution in [-0.2, 0) is 4.74 Å². The van der Waals surface area contributed by atoms with Crippen LogP contribution >= 0.6 is 11.6 Å². The monoisotopic (exact) mass is 214 g/mol. The molecule has 0 N–H and O–H groups in total. The molecule has 0 spiro atoms.